The van der Waals surface area contributed by atoms with E-state index in [-0.39, 0.29) is 9.92 Å². The van der Waals surface area contributed by atoms with E-state index in [1.807, 2.05) is 29.2 Å². The van der Waals surface area contributed by atoms with Crippen molar-refractivity contribution < 1.29 is 12.8 Å². The number of rotatable bonds is 4. The van der Waals surface area contributed by atoms with Crippen molar-refractivity contribution in [2.24, 2.45) is 0 Å². The molecule has 0 N–H and O–H groups in total. The maximum absolute atomic E-state index is 13.4. The fourth-order valence-electron chi connectivity index (χ4n) is 3.42. The van der Waals surface area contributed by atoms with Gasteiger partial charge >= 0.3 is 0 Å². The Morgan fingerprint density at radius 2 is 1.55 bits per heavy atom. The standard InChI is InChI=1S/C21H20Br2N2O3S/c22-15-9-11-16(12-10-15)29(26,27)20-21(25-13-5-1-2-6-14-25)28-19(24-20)17-7-3-4-8-18(17)23/h3-4,7-12H,1-2,5-6,13-14H2. The third kappa shape index (κ3) is 4.29. The lowest BCUT2D eigenvalue weighted by Crippen LogP contribution is -2.25. The lowest BCUT2D eigenvalue weighted by Gasteiger charge is -2.20. The highest BCUT2D eigenvalue weighted by atomic mass is 79.9. The van der Waals surface area contributed by atoms with Gasteiger partial charge in [0.2, 0.25) is 26.6 Å². The van der Waals surface area contributed by atoms with E-state index < -0.39 is 9.84 Å². The summed E-state index contributed by atoms with van der Waals surface area (Å²) in [6.45, 7) is 1.51. The minimum absolute atomic E-state index is 0.0209. The Balaban J connectivity index is 1.86. The molecule has 1 saturated heterocycles. The summed E-state index contributed by atoms with van der Waals surface area (Å²) in [6, 6.07) is 14.1. The van der Waals surface area contributed by atoms with Crippen LogP contribution < -0.4 is 4.90 Å². The zero-order chi connectivity index (χ0) is 20.4. The van der Waals surface area contributed by atoms with Crippen molar-refractivity contribution in [1.29, 1.82) is 0 Å². The molecule has 2 heterocycles. The van der Waals surface area contributed by atoms with Gasteiger partial charge in [0.05, 0.1) is 10.5 Å². The first-order valence-corrected chi connectivity index (χ1v) is 12.5. The van der Waals surface area contributed by atoms with Crippen LogP contribution in [-0.2, 0) is 9.84 Å². The van der Waals surface area contributed by atoms with Crippen molar-refractivity contribution in [3.8, 4) is 11.5 Å². The summed E-state index contributed by atoms with van der Waals surface area (Å²) < 4.78 is 34.6. The largest absolute Gasteiger partial charge is 0.419 e. The number of hydrogen-bond acceptors (Lipinski definition) is 5. The molecule has 0 amide bonds. The predicted molar refractivity (Wildman–Crippen MR) is 120 cm³/mol. The summed E-state index contributed by atoms with van der Waals surface area (Å²) in [5.74, 6) is 0.632. The molecular formula is C21H20Br2N2O3S. The van der Waals surface area contributed by atoms with Gasteiger partial charge in [-0.1, -0.05) is 40.9 Å². The zero-order valence-electron chi connectivity index (χ0n) is 15.6. The minimum Gasteiger partial charge on any atom is -0.419 e. The second-order valence-electron chi connectivity index (χ2n) is 6.97. The smallest absolute Gasteiger partial charge is 0.236 e. The van der Waals surface area contributed by atoms with Crippen LogP contribution in [0.15, 0.2) is 71.8 Å². The van der Waals surface area contributed by atoms with Crippen LogP contribution in [0.25, 0.3) is 11.5 Å². The number of oxazole rings is 1. The van der Waals surface area contributed by atoms with Gasteiger partial charge in [0.15, 0.2) is 0 Å². The molecule has 29 heavy (non-hydrogen) atoms. The SMILES string of the molecule is O=S(=O)(c1ccc(Br)cc1)c1nc(-c2ccccc2Br)oc1N1CCCCCC1. The molecule has 0 unspecified atom stereocenters. The maximum Gasteiger partial charge on any atom is 0.236 e. The van der Waals surface area contributed by atoms with Crippen LogP contribution in [0.3, 0.4) is 0 Å². The topological polar surface area (TPSA) is 63.4 Å². The first kappa shape index (κ1) is 20.6. The quantitative estimate of drug-likeness (QED) is 0.402. The molecule has 8 heteroatoms. The Morgan fingerprint density at radius 3 is 2.21 bits per heavy atom. The zero-order valence-corrected chi connectivity index (χ0v) is 19.6. The number of hydrogen-bond donors (Lipinski definition) is 0. The first-order valence-electron chi connectivity index (χ1n) is 9.48. The molecule has 3 aromatic rings. The van der Waals surface area contributed by atoms with Gasteiger partial charge in [-0.05, 0) is 65.2 Å². The molecule has 0 atom stereocenters. The number of aromatic nitrogens is 1. The van der Waals surface area contributed by atoms with Gasteiger partial charge in [-0.15, -0.1) is 0 Å². The molecule has 152 valence electrons. The van der Waals surface area contributed by atoms with E-state index in [1.165, 1.54) is 0 Å². The Labute approximate surface area is 187 Å². The Hall–Kier alpha value is -1.64. The van der Waals surface area contributed by atoms with Gasteiger partial charge < -0.3 is 9.32 Å². The highest BCUT2D eigenvalue weighted by Crippen LogP contribution is 2.37. The highest BCUT2D eigenvalue weighted by Gasteiger charge is 2.32. The van der Waals surface area contributed by atoms with Crippen molar-refractivity contribution in [2.75, 3.05) is 18.0 Å². The van der Waals surface area contributed by atoms with E-state index in [0.717, 1.165) is 53.3 Å². The lowest BCUT2D eigenvalue weighted by atomic mass is 10.2. The average Bonchev–Trinajstić information content (AvgIpc) is 2.98. The average molecular weight is 540 g/mol. The van der Waals surface area contributed by atoms with Crippen molar-refractivity contribution in [1.82, 2.24) is 4.98 Å². The van der Waals surface area contributed by atoms with E-state index in [9.17, 15) is 8.42 Å². The molecule has 1 aliphatic heterocycles. The highest BCUT2D eigenvalue weighted by molar-refractivity contribution is 9.10. The summed E-state index contributed by atoms with van der Waals surface area (Å²) in [4.78, 5) is 6.70. The van der Waals surface area contributed by atoms with E-state index >= 15 is 0 Å². The van der Waals surface area contributed by atoms with Gasteiger partial charge in [-0.2, -0.15) is 4.98 Å². The van der Waals surface area contributed by atoms with Gasteiger partial charge in [0, 0.05) is 22.0 Å². The molecule has 0 radical (unpaired) electrons. The van der Waals surface area contributed by atoms with Gasteiger partial charge in [0.1, 0.15) is 0 Å². The summed E-state index contributed by atoms with van der Waals surface area (Å²) in [6.07, 6.45) is 4.28. The molecule has 2 aromatic carbocycles. The Bertz CT molecular complexity index is 1100. The fraction of sp³-hybridized carbons (Fsp3) is 0.286. The van der Waals surface area contributed by atoms with E-state index in [1.54, 1.807) is 24.3 Å². The number of anilines is 1. The van der Waals surface area contributed by atoms with Crippen LogP contribution in [0.5, 0.6) is 0 Å². The van der Waals surface area contributed by atoms with Crippen molar-refractivity contribution in [2.45, 2.75) is 35.6 Å². The minimum atomic E-state index is -3.83. The normalized spacial score (nSPS) is 15.3. The molecule has 0 spiro atoms. The second kappa shape index (κ2) is 8.62. The van der Waals surface area contributed by atoms with Gasteiger partial charge in [0.25, 0.3) is 0 Å². The van der Waals surface area contributed by atoms with E-state index in [0.29, 0.717) is 11.8 Å². The summed E-state index contributed by atoms with van der Waals surface area (Å²) >= 11 is 6.86. The summed E-state index contributed by atoms with van der Waals surface area (Å²) in [5, 5.41) is -0.0209. The van der Waals surface area contributed by atoms with Gasteiger partial charge in [-0.25, -0.2) is 8.42 Å². The van der Waals surface area contributed by atoms with Crippen LogP contribution >= 0.6 is 31.9 Å². The summed E-state index contributed by atoms with van der Waals surface area (Å²) in [7, 11) is -3.83. The monoisotopic (exact) mass is 538 g/mol. The molecule has 1 fully saturated rings. The van der Waals surface area contributed by atoms with Crippen LogP contribution in [0.2, 0.25) is 0 Å². The van der Waals surface area contributed by atoms with E-state index in [4.69, 9.17) is 4.42 Å². The number of nitrogens with zero attached hydrogens (tertiary/aromatic N) is 2. The second-order valence-corrected chi connectivity index (χ2v) is 10.6. The van der Waals surface area contributed by atoms with Crippen LogP contribution in [-0.4, -0.2) is 26.5 Å². The van der Waals surface area contributed by atoms with Crippen LogP contribution in [0.1, 0.15) is 25.7 Å². The van der Waals surface area contributed by atoms with Crippen LogP contribution in [0.4, 0.5) is 5.88 Å². The third-order valence-electron chi connectivity index (χ3n) is 4.96. The van der Waals surface area contributed by atoms with Crippen molar-refractivity contribution >= 4 is 47.6 Å². The third-order valence-corrected chi connectivity index (χ3v) is 7.84. The predicted octanol–water partition coefficient (Wildman–Crippen LogP) is 6.08. The maximum atomic E-state index is 13.4. The number of benzene rings is 2. The fourth-order valence-corrected chi connectivity index (χ4v) is 5.46. The van der Waals surface area contributed by atoms with Crippen LogP contribution in [0, 0.1) is 0 Å². The molecular weight excluding hydrogens is 520 g/mol. The molecule has 0 bridgehead atoms. The summed E-state index contributed by atoms with van der Waals surface area (Å²) in [5.41, 5.74) is 0.723. The number of halogens is 2. The van der Waals surface area contributed by atoms with E-state index in [2.05, 4.69) is 36.8 Å². The molecule has 0 aliphatic carbocycles. The lowest BCUT2D eigenvalue weighted by molar-refractivity contribution is 0.543. The van der Waals surface area contributed by atoms with Gasteiger partial charge in [-0.3, -0.25) is 0 Å². The van der Waals surface area contributed by atoms with Crippen molar-refractivity contribution in [3.05, 3.63) is 57.5 Å². The molecule has 4 rings (SSSR count). The Morgan fingerprint density at radius 1 is 0.897 bits per heavy atom. The Kier molecular flexibility index (Phi) is 6.13. The molecule has 1 aromatic heterocycles. The van der Waals surface area contributed by atoms with Crippen molar-refractivity contribution in [3.63, 3.8) is 0 Å². The number of sulfone groups is 1. The molecule has 1 aliphatic rings. The molecule has 5 nitrogen and oxygen atoms in total. The first-order chi connectivity index (χ1) is 14.0. The molecule has 0 saturated carbocycles.